The van der Waals surface area contributed by atoms with Crippen LogP contribution in [0.4, 0.5) is 5.69 Å². The highest BCUT2D eigenvalue weighted by atomic mass is 16.6. The average Bonchev–Trinajstić information content (AvgIpc) is 2.46. The highest BCUT2D eigenvalue weighted by Crippen LogP contribution is 2.35. The van der Waals surface area contributed by atoms with E-state index in [2.05, 4.69) is 43.1 Å². The molecule has 3 rings (SSSR count). The molecule has 2 atom stereocenters. The molecule has 0 radical (unpaired) electrons. The van der Waals surface area contributed by atoms with Gasteiger partial charge in [-0.1, -0.05) is 13.8 Å². The molecule has 2 aliphatic rings. The van der Waals surface area contributed by atoms with Crippen LogP contribution in [0.3, 0.4) is 0 Å². The van der Waals surface area contributed by atoms with Crippen molar-refractivity contribution in [2.45, 2.75) is 32.9 Å². The van der Waals surface area contributed by atoms with Gasteiger partial charge in [-0.15, -0.1) is 0 Å². The van der Waals surface area contributed by atoms with Crippen molar-refractivity contribution in [2.24, 2.45) is 5.92 Å². The van der Waals surface area contributed by atoms with E-state index in [1.807, 2.05) is 6.07 Å². The first kappa shape index (κ1) is 13.6. The van der Waals surface area contributed by atoms with Crippen LogP contribution < -0.4 is 19.7 Å². The van der Waals surface area contributed by atoms with Crippen LogP contribution in [0.15, 0.2) is 18.2 Å². The van der Waals surface area contributed by atoms with Gasteiger partial charge in [0, 0.05) is 36.9 Å². The van der Waals surface area contributed by atoms with Crippen LogP contribution in [0, 0.1) is 5.92 Å². The van der Waals surface area contributed by atoms with Gasteiger partial charge < -0.3 is 19.7 Å². The van der Waals surface area contributed by atoms with Crippen molar-refractivity contribution >= 4 is 5.69 Å². The smallest absolute Gasteiger partial charge is 0.163 e. The van der Waals surface area contributed by atoms with Crippen molar-refractivity contribution in [1.82, 2.24) is 5.32 Å². The average molecular weight is 276 g/mol. The molecule has 4 nitrogen and oxygen atoms in total. The highest BCUT2D eigenvalue weighted by molar-refractivity contribution is 5.58. The van der Waals surface area contributed by atoms with E-state index in [1.165, 1.54) is 5.69 Å². The van der Waals surface area contributed by atoms with Crippen LogP contribution in [0.25, 0.3) is 0 Å². The molecular weight excluding hydrogens is 252 g/mol. The third-order valence-electron chi connectivity index (χ3n) is 4.17. The molecular formula is C16H24N2O2. The van der Waals surface area contributed by atoms with Gasteiger partial charge in [0.2, 0.25) is 0 Å². The molecule has 110 valence electrons. The second-order valence-electron chi connectivity index (χ2n) is 6.10. The van der Waals surface area contributed by atoms with Crippen molar-refractivity contribution < 1.29 is 9.47 Å². The molecule has 1 aromatic rings. The first-order valence-corrected chi connectivity index (χ1v) is 7.55. The van der Waals surface area contributed by atoms with Crippen LogP contribution in [0.5, 0.6) is 11.5 Å². The Hall–Kier alpha value is -1.42. The zero-order valence-electron chi connectivity index (χ0n) is 12.6. The van der Waals surface area contributed by atoms with E-state index >= 15 is 0 Å². The maximum absolute atomic E-state index is 5.71. The van der Waals surface area contributed by atoms with Crippen LogP contribution in [0.2, 0.25) is 0 Å². The topological polar surface area (TPSA) is 33.7 Å². The first-order chi connectivity index (χ1) is 9.65. The molecule has 2 heterocycles. The predicted molar refractivity (Wildman–Crippen MR) is 80.9 cm³/mol. The summed E-state index contributed by atoms with van der Waals surface area (Å²) in [5.74, 6) is 2.36. The molecule has 0 spiro atoms. The van der Waals surface area contributed by atoms with E-state index < -0.39 is 0 Å². The van der Waals surface area contributed by atoms with Gasteiger partial charge in [0.1, 0.15) is 13.2 Å². The number of nitrogens with one attached hydrogen (secondary N) is 1. The summed E-state index contributed by atoms with van der Waals surface area (Å²) in [6.07, 6.45) is 0. The van der Waals surface area contributed by atoms with Gasteiger partial charge in [0.25, 0.3) is 0 Å². The lowest BCUT2D eigenvalue weighted by molar-refractivity contribution is 0.171. The molecule has 2 aliphatic heterocycles. The van der Waals surface area contributed by atoms with Crippen molar-refractivity contribution in [3.05, 3.63) is 18.2 Å². The molecule has 0 aromatic heterocycles. The fourth-order valence-corrected chi connectivity index (χ4v) is 3.03. The number of anilines is 1. The largest absolute Gasteiger partial charge is 0.486 e. The van der Waals surface area contributed by atoms with Gasteiger partial charge >= 0.3 is 0 Å². The van der Waals surface area contributed by atoms with Crippen molar-refractivity contribution in [3.63, 3.8) is 0 Å². The molecule has 0 bridgehead atoms. The summed E-state index contributed by atoms with van der Waals surface area (Å²) in [4.78, 5) is 2.50. The van der Waals surface area contributed by atoms with Crippen LogP contribution in [0.1, 0.15) is 20.8 Å². The summed E-state index contributed by atoms with van der Waals surface area (Å²) in [5.41, 5.74) is 1.24. The molecule has 1 aromatic carbocycles. The zero-order chi connectivity index (χ0) is 14.1. The number of benzene rings is 1. The van der Waals surface area contributed by atoms with Crippen LogP contribution in [-0.4, -0.2) is 38.4 Å². The number of fused-ring (bicyclic) bond motifs is 1. The fourth-order valence-electron chi connectivity index (χ4n) is 3.03. The monoisotopic (exact) mass is 276 g/mol. The molecule has 0 aliphatic carbocycles. The Balaban J connectivity index is 1.89. The lowest BCUT2D eigenvalue weighted by atomic mass is 9.98. The van der Waals surface area contributed by atoms with E-state index in [1.54, 1.807) is 0 Å². The zero-order valence-corrected chi connectivity index (χ0v) is 12.6. The Labute approximate surface area is 121 Å². The first-order valence-electron chi connectivity index (χ1n) is 7.55. The van der Waals surface area contributed by atoms with Gasteiger partial charge in [-0.3, -0.25) is 0 Å². The fraction of sp³-hybridized carbons (Fsp3) is 0.625. The van der Waals surface area contributed by atoms with Crippen molar-refractivity contribution in [1.29, 1.82) is 0 Å². The number of hydrogen-bond donors (Lipinski definition) is 1. The third kappa shape index (κ3) is 2.57. The summed E-state index contributed by atoms with van der Waals surface area (Å²) in [6, 6.07) is 7.35. The van der Waals surface area contributed by atoms with Crippen molar-refractivity contribution in [2.75, 3.05) is 31.2 Å². The molecule has 1 saturated heterocycles. The number of rotatable bonds is 2. The Bertz CT molecular complexity index is 476. The van der Waals surface area contributed by atoms with E-state index in [4.69, 9.17) is 9.47 Å². The minimum Gasteiger partial charge on any atom is -0.486 e. The minimum atomic E-state index is 0.512. The Morgan fingerprint density at radius 2 is 1.95 bits per heavy atom. The predicted octanol–water partition coefficient (Wildman–Crippen LogP) is 2.28. The summed E-state index contributed by atoms with van der Waals surface area (Å²) in [5, 5.41) is 3.58. The van der Waals surface area contributed by atoms with Gasteiger partial charge in [-0.05, 0) is 25.0 Å². The van der Waals surface area contributed by atoms with Gasteiger partial charge in [0.05, 0.1) is 0 Å². The summed E-state index contributed by atoms with van der Waals surface area (Å²) >= 11 is 0. The molecule has 2 unspecified atom stereocenters. The Morgan fingerprint density at radius 3 is 2.70 bits per heavy atom. The molecule has 20 heavy (non-hydrogen) atoms. The van der Waals surface area contributed by atoms with E-state index in [0.29, 0.717) is 31.2 Å². The van der Waals surface area contributed by atoms with Crippen LogP contribution >= 0.6 is 0 Å². The molecule has 1 N–H and O–H groups in total. The molecule has 0 amide bonds. The van der Waals surface area contributed by atoms with Gasteiger partial charge in [-0.2, -0.15) is 0 Å². The second-order valence-corrected chi connectivity index (χ2v) is 6.10. The van der Waals surface area contributed by atoms with Gasteiger partial charge in [0.15, 0.2) is 11.5 Å². The number of piperazine rings is 1. The van der Waals surface area contributed by atoms with E-state index in [0.717, 1.165) is 24.6 Å². The maximum Gasteiger partial charge on any atom is 0.163 e. The quantitative estimate of drug-likeness (QED) is 0.898. The third-order valence-corrected chi connectivity index (χ3v) is 4.17. The highest BCUT2D eigenvalue weighted by Gasteiger charge is 2.29. The summed E-state index contributed by atoms with van der Waals surface area (Å²) in [7, 11) is 0. The lowest BCUT2D eigenvalue weighted by Crippen LogP contribution is -2.57. The minimum absolute atomic E-state index is 0.512. The number of hydrogen-bond acceptors (Lipinski definition) is 4. The Kier molecular flexibility index (Phi) is 3.74. The second kappa shape index (κ2) is 5.52. The number of nitrogens with zero attached hydrogens (tertiary/aromatic N) is 1. The van der Waals surface area contributed by atoms with Crippen molar-refractivity contribution in [3.8, 4) is 11.5 Å². The van der Waals surface area contributed by atoms with E-state index in [-0.39, 0.29) is 0 Å². The SMILES string of the molecule is CC1CN(c2ccc3c(c2)OCCO3)C(C(C)C)CN1. The molecule has 4 heteroatoms. The number of ether oxygens (including phenoxy) is 2. The van der Waals surface area contributed by atoms with Gasteiger partial charge in [-0.25, -0.2) is 0 Å². The standard InChI is InChI=1S/C16H24N2O2/c1-11(2)14-9-17-12(3)10-18(14)13-4-5-15-16(8-13)20-7-6-19-15/h4-5,8,11-12,14,17H,6-7,9-10H2,1-3H3. The Morgan fingerprint density at radius 1 is 1.20 bits per heavy atom. The molecule has 0 saturated carbocycles. The van der Waals surface area contributed by atoms with E-state index in [9.17, 15) is 0 Å². The normalized spacial score (nSPS) is 25.9. The summed E-state index contributed by atoms with van der Waals surface area (Å²) < 4.78 is 11.3. The summed E-state index contributed by atoms with van der Waals surface area (Å²) in [6.45, 7) is 10.2. The molecule has 1 fully saturated rings. The lowest BCUT2D eigenvalue weighted by Gasteiger charge is -2.43. The maximum atomic E-state index is 5.71. The van der Waals surface area contributed by atoms with Crippen LogP contribution in [-0.2, 0) is 0 Å².